The second-order valence-corrected chi connectivity index (χ2v) is 9.47. The average Bonchev–Trinajstić information content (AvgIpc) is 3.44. The van der Waals surface area contributed by atoms with Crippen molar-refractivity contribution in [2.75, 3.05) is 4.72 Å². The van der Waals surface area contributed by atoms with Crippen LogP contribution in [0.2, 0.25) is 0 Å². The molecule has 1 aliphatic rings. The van der Waals surface area contributed by atoms with Crippen LogP contribution in [0.25, 0.3) is 0 Å². The van der Waals surface area contributed by atoms with Crippen LogP contribution in [0.5, 0.6) is 0 Å². The van der Waals surface area contributed by atoms with Crippen LogP contribution < -0.4 is 10.0 Å². The molecule has 0 atom stereocenters. The van der Waals surface area contributed by atoms with Crippen LogP contribution in [0.3, 0.4) is 0 Å². The fourth-order valence-electron chi connectivity index (χ4n) is 3.37. The van der Waals surface area contributed by atoms with Crippen molar-refractivity contribution in [2.24, 2.45) is 0 Å². The number of rotatable bonds is 8. The van der Waals surface area contributed by atoms with Crippen LogP contribution in [0.15, 0.2) is 53.4 Å². The van der Waals surface area contributed by atoms with Gasteiger partial charge in [-0.25, -0.2) is 8.42 Å². The Bertz CT molecular complexity index is 929. The first-order valence-corrected chi connectivity index (χ1v) is 11.3. The summed E-state index contributed by atoms with van der Waals surface area (Å²) in [5.74, 6) is 0.0444. The maximum atomic E-state index is 12.6. The molecule has 0 aromatic heterocycles. The molecule has 3 rings (SSSR count). The molecular weight excluding hydrogens is 372 g/mol. The highest BCUT2D eigenvalue weighted by Gasteiger charge is 2.51. The van der Waals surface area contributed by atoms with Gasteiger partial charge in [-0.2, -0.15) is 0 Å². The summed E-state index contributed by atoms with van der Waals surface area (Å²) >= 11 is 0. The van der Waals surface area contributed by atoms with E-state index in [1.54, 1.807) is 24.3 Å². The Morgan fingerprint density at radius 1 is 1.04 bits per heavy atom. The summed E-state index contributed by atoms with van der Waals surface area (Å²) in [7, 11) is -3.64. The third kappa shape index (κ3) is 4.38. The van der Waals surface area contributed by atoms with E-state index in [0.717, 1.165) is 36.8 Å². The number of benzene rings is 2. The van der Waals surface area contributed by atoms with E-state index in [9.17, 15) is 13.2 Å². The van der Waals surface area contributed by atoms with Crippen LogP contribution in [-0.2, 0) is 26.7 Å². The minimum absolute atomic E-state index is 0.0444. The quantitative estimate of drug-likeness (QED) is 0.703. The molecule has 1 aliphatic carbocycles. The summed E-state index contributed by atoms with van der Waals surface area (Å²) in [6.45, 7) is 5.98. The first kappa shape index (κ1) is 20.4. The van der Waals surface area contributed by atoms with E-state index in [4.69, 9.17) is 0 Å². The molecule has 6 heteroatoms. The van der Waals surface area contributed by atoms with Crippen LogP contribution in [-0.4, -0.2) is 20.4 Å². The van der Waals surface area contributed by atoms with Crippen molar-refractivity contribution in [3.05, 3.63) is 59.7 Å². The Balaban J connectivity index is 1.72. The van der Waals surface area contributed by atoms with Gasteiger partial charge in [-0.3, -0.25) is 9.52 Å². The van der Waals surface area contributed by atoms with Crippen LogP contribution >= 0.6 is 0 Å². The van der Waals surface area contributed by atoms with Gasteiger partial charge >= 0.3 is 0 Å². The molecule has 0 bridgehead atoms. The molecule has 0 unspecified atom stereocenters. The highest BCUT2D eigenvalue weighted by Crippen LogP contribution is 2.48. The number of nitrogens with one attached hydrogen (secondary N) is 2. The van der Waals surface area contributed by atoms with Crippen molar-refractivity contribution in [2.45, 2.75) is 62.8 Å². The summed E-state index contributed by atoms with van der Waals surface area (Å²) in [4.78, 5) is 12.7. The molecule has 5 nitrogen and oxygen atoms in total. The Kier molecular flexibility index (Phi) is 5.79. The standard InChI is InChI=1S/C22H28N2O3S/c1-4-5-17-6-12-20(13-7-17)28(26,27)24-19-10-8-18(9-11-19)22(14-15-22)21(25)23-16(2)3/h6-13,16,24H,4-5,14-15H2,1-3H3,(H,23,25). The maximum absolute atomic E-state index is 12.6. The van der Waals surface area contributed by atoms with Crippen molar-refractivity contribution in [1.29, 1.82) is 0 Å². The molecule has 0 heterocycles. The summed E-state index contributed by atoms with van der Waals surface area (Å²) in [6.07, 6.45) is 3.59. The zero-order chi connectivity index (χ0) is 20.4. The molecule has 0 saturated heterocycles. The van der Waals surface area contributed by atoms with Crippen molar-refractivity contribution in [3.63, 3.8) is 0 Å². The number of amides is 1. The van der Waals surface area contributed by atoms with Crippen molar-refractivity contribution >= 4 is 21.6 Å². The topological polar surface area (TPSA) is 75.3 Å². The Morgan fingerprint density at radius 3 is 2.14 bits per heavy atom. The second-order valence-electron chi connectivity index (χ2n) is 7.79. The van der Waals surface area contributed by atoms with E-state index in [-0.39, 0.29) is 16.8 Å². The number of aryl methyl sites for hydroxylation is 1. The molecule has 1 saturated carbocycles. The summed E-state index contributed by atoms with van der Waals surface area (Å²) in [6, 6.07) is 14.2. The number of anilines is 1. The first-order valence-electron chi connectivity index (χ1n) is 9.80. The van der Waals surface area contributed by atoms with Crippen molar-refractivity contribution in [1.82, 2.24) is 5.32 Å². The van der Waals surface area contributed by atoms with E-state index in [2.05, 4.69) is 17.0 Å². The smallest absolute Gasteiger partial charge is 0.261 e. The predicted molar refractivity (Wildman–Crippen MR) is 112 cm³/mol. The van der Waals surface area contributed by atoms with E-state index in [1.807, 2.05) is 38.1 Å². The Hall–Kier alpha value is -2.34. The largest absolute Gasteiger partial charge is 0.353 e. The van der Waals surface area contributed by atoms with Gasteiger partial charge in [-0.05, 0) is 68.5 Å². The fourth-order valence-corrected chi connectivity index (χ4v) is 4.43. The lowest BCUT2D eigenvalue weighted by atomic mass is 9.94. The molecule has 1 fully saturated rings. The molecule has 28 heavy (non-hydrogen) atoms. The number of sulfonamides is 1. The number of carbonyl (C=O) groups excluding carboxylic acids is 1. The van der Waals surface area contributed by atoms with Gasteiger partial charge in [0.25, 0.3) is 10.0 Å². The lowest BCUT2D eigenvalue weighted by molar-refractivity contribution is -0.124. The molecule has 150 valence electrons. The van der Waals surface area contributed by atoms with Gasteiger partial charge in [0.2, 0.25) is 5.91 Å². The molecule has 2 aromatic rings. The normalized spacial score (nSPS) is 15.3. The first-order chi connectivity index (χ1) is 13.3. The van der Waals surface area contributed by atoms with Crippen molar-refractivity contribution in [3.8, 4) is 0 Å². The molecular formula is C22H28N2O3S. The Labute approximate surface area is 167 Å². The van der Waals surface area contributed by atoms with E-state index in [1.165, 1.54) is 0 Å². The summed E-state index contributed by atoms with van der Waals surface area (Å²) < 4.78 is 27.9. The number of carbonyl (C=O) groups is 1. The number of hydrogen-bond donors (Lipinski definition) is 2. The third-order valence-electron chi connectivity index (χ3n) is 5.07. The van der Waals surface area contributed by atoms with Crippen LogP contribution in [0, 0.1) is 0 Å². The molecule has 1 amide bonds. The van der Waals surface area contributed by atoms with E-state index >= 15 is 0 Å². The SMILES string of the molecule is CCCc1ccc(S(=O)(=O)Nc2ccc(C3(C(=O)NC(C)C)CC3)cc2)cc1. The van der Waals surface area contributed by atoms with Crippen molar-refractivity contribution < 1.29 is 13.2 Å². The highest BCUT2D eigenvalue weighted by molar-refractivity contribution is 7.92. The minimum atomic E-state index is -3.64. The summed E-state index contributed by atoms with van der Waals surface area (Å²) in [5.41, 5.74) is 2.08. The minimum Gasteiger partial charge on any atom is -0.353 e. The molecule has 0 spiro atoms. The van der Waals surface area contributed by atoms with Gasteiger partial charge in [0.15, 0.2) is 0 Å². The predicted octanol–water partition coefficient (Wildman–Crippen LogP) is 4.00. The third-order valence-corrected chi connectivity index (χ3v) is 6.46. The molecule has 2 aromatic carbocycles. The fraction of sp³-hybridized carbons (Fsp3) is 0.409. The highest BCUT2D eigenvalue weighted by atomic mass is 32.2. The van der Waals surface area contributed by atoms with Gasteiger partial charge in [-0.15, -0.1) is 0 Å². The van der Waals surface area contributed by atoms with Gasteiger partial charge in [-0.1, -0.05) is 37.6 Å². The number of hydrogen-bond acceptors (Lipinski definition) is 3. The lowest BCUT2D eigenvalue weighted by Crippen LogP contribution is -2.38. The lowest BCUT2D eigenvalue weighted by Gasteiger charge is -2.18. The average molecular weight is 401 g/mol. The zero-order valence-corrected chi connectivity index (χ0v) is 17.5. The molecule has 0 radical (unpaired) electrons. The molecule has 0 aliphatic heterocycles. The van der Waals surface area contributed by atoms with Crippen LogP contribution in [0.1, 0.15) is 51.2 Å². The maximum Gasteiger partial charge on any atom is 0.261 e. The van der Waals surface area contributed by atoms with Gasteiger partial charge < -0.3 is 5.32 Å². The summed E-state index contributed by atoms with van der Waals surface area (Å²) in [5, 5.41) is 2.98. The Morgan fingerprint density at radius 2 is 1.64 bits per heavy atom. The second kappa shape index (κ2) is 7.95. The van der Waals surface area contributed by atoms with E-state index < -0.39 is 15.4 Å². The zero-order valence-electron chi connectivity index (χ0n) is 16.7. The monoisotopic (exact) mass is 400 g/mol. The molecule has 2 N–H and O–H groups in total. The van der Waals surface area contributed by atoms with E-state index in [0.29, 0.717) is 5.69 Å². The van der Waals surface area contributed by atoms with Crippen LogP contribution in [0.4, 0.5) is 5.69 Å². The van der Waals surface area contributed by atoms with Gasteiger partial charge in [0, 0.05) is 11.7 Å². The van der Waals surface area contributed by atoms with Gasteiger partial charge in [0.05, 0.1) is 10.3 Å². The van der Waals surface area contributed by atoms with Gasteiger partial charge in [0.1, 0.15) is 0 Å².